The van der Waals surface area contributed by atoms with Gasteiger partial charge in [-0.1, -0.05) is 13.8 Å². The van der Waals surface area contributed by atoms with Crippen LogP contribution in [-0.2, 0) is 6.61 Å². The van der Waals surface area contributed by atoms with Crippen LogP contribution in [0.25, 0.3) is 17.1 Å². The fourth-order valence-corrected chi connectivity index (χ4v) is 4.61. The number of pyridine rings is 2. The molecule has 4 rings (SSSR count). The van der Waals surface area contributed by atoms with Crippen molar-refractivity contribution in [3.05, 3.63) is 84.4 Å². The van der Waals surface area contributed by atoms with Gasteiger partial charge in [0, 0.05) is 40.5 Å². The summed E-state index contributed by atoms with van der Waals surface area (Å²) in [6.07, 6.45) is 3.51. The highest BCUT2D eigenvalue weighted by atomic mass is 79.9. The van der Waals surface area contributed by atoms with Crippen LogP contribution < -0.4 is 10.3 Å². The van der Waals surface area contributed by atoms with E-state index in [0.29, 0.717) is 22.5 Å². The van der Waals surface area contributed by atoms with E-state index < -0.39 is 0 Å². The van der Waals surface area contributed by atoms with Crippen LogP contribution in [0.15, 0.2) is 51.3 Å². The summed E-state index contributed by atoms with van der Waals surface area (Å²) >= 11 is 5.14. The number of hydrogen-bond acceptors (Lipinski definition) is 6. The molecule has 0 N–H and O–H groups in total. The third-order valence-corrected chi connectivity index (χ3v) is 6.89. The SMILES string of the molecule is Cc1cc(COc2cc(C)n(-c3cc(-c4ccnc(C(C)C)n4)ncc3C)c(=O)c2Br)cs1. The van der Waals surface area contributed by atoms with Gasteiger partial charge in [0.2, 0.25) is 0 Å². The minimum atomic E-state index is -0.183. The van der Waals surface area contributed by atoms with Gasteiger partial charge in [-0.25, -0.2) is 9.97 Å². The second-order valence-corrected chi connectivity index (χ2v) is 10.2. The van der Waals surface area contributed by atoms with Crippen LogP contribution in [0.1, 0.15) is 47.3 Å². The molecule has 0 unspecified atom stereocenters. The van der Waals surface area contributed by atoms with Gasteiger partial charge in [0.1, 0.15) is 22.7 Å². The average Bonchev–Trinajstić information content (AvgIpc) is 3.21. The van der Waals surface area contributed by atoms with E-state index in [0.717, 1.165) is 34.0 Å². The van der Waals surface area contributed by atoms with Crippen LogP contribution in [-0.4, -0.2) is 19.5 Å². The smallest absolute Gasteiger partial charge is 0.273 e. The van der Waals surface area contributed by atoms with Crippen molar-refractivity contribution in [1.29, 1.82) is 0 Å². The molecule has 4 heterocycles. The standard InChI is InChI=1S/C25H25BrN4O2S/c1-14(2)24-27-7-6-19(29-24)20-10-21(15(3)11-28-20)30-16(4)8-22(23(26)25(30)31)32-12-18-9-17(5)33-13-18/h6-11,13-14H,12H2,1-5H3. The number of rotatable bonds is 6. The van der Waals surface area contributed by atoms with E-state index in [2.05, 4.69) is 63.1 Å². The minimum Gasteiger partial charge on any atom is -0.487 e. The van der Waals surface area contributed by atoms with Crippen molar-refractivity contribution in [1.82, 2.24) is 19.5 Å². The highest BCUT2D eigenvalue weighted by Gasteiger charge is 2.17. The predicted molar refractivity (Wildman–Crippen MR) is 136 cm³/mol. The lowest BCUT2D eigenvalue weighted by molar-refractivity contribution is 0.303. The van der Waals surface area contributed by atoms with Gasteiger partial charge in [0.05, 0.1) is 17.1 Å². The van der Waals surface area contributed by atoms with Gasteiger partial charge in [-0.05, 0) is 65.8 Å². The molecule has 0 bridgehead atoms. The molecule has 6 nitrogen and oxygen atoms in total. The van der Waals surface area contributed by atoms with E-state index >= 15 is 0 Å². The van der Waals surface area contributed by atoms with Crippen molar-refractivity contribution in [2.45, 2.75) is 47.1 Å². The second kappa shape index (κ2) is 9.57. The normalized spacial score (nSPS) is 11.2. The number of thiophene rings is 1. The summed E-state index contributed by atoms with van der Waals surface area (Å²) in [5, 5.41) is 2.07. The highest BCUT2D eigenvalue weighted by Crippen LogP contribution is 2.28. The summed E-state index contributed by atoms with van der Waals surface area (Å²) in [5.74, 6) is 1.50. The van der Waals surface area contributed by atoms with Gasteiger partial charge in [-0.15, -0.1) is 11.3 Å². The van der Waals surface area contributed by atoms with Crippen molar-refractivity contribution in [3.8, 4) is 22.8 Å². The quantitative estimate of drug-likeness (QED) is 0.303. The highest BCUT2D eigenvalue weighted by molar-refractivity contribution is 9.10. The van der Waals surface area contributed by atoms with Gasteiger partial charge in [0.25, 0.3) is 5.56 Å². The monoisotopic (exact) mass is 524 g/mol. The Labute approximate surface area is 205 Å². The van der Waals surface area contributed by atoms with Gasteiger partial charge in [0.15, 0.2) is 0 Å². The van der Waals surface area contributed by atoms with Crippen LogP contribution in [0.5, 0.6) is 5.75 Å². The van der Waals surface area contributed by atoms with E-state index in [1.54, 1.807) is 28.3 Å². The Hall–Kier alpha value is -2.84. The molecule has 0 spiro atoms. The zero-order chi connectivity index (χ0) is 23.7. The molecular weight excluding hydrogens is 500 g/mol. The van der Waals surface area contributed by atoms with Crippen LogP contribution in [0.4, 0.5) is 0 Å². The maximum absolute atomic E-state index is 13.4. The first-order valence-corrected chi connectivity index (χ1v) is 12.3. The van der Waals surface area contributed by atoms with Crippen molar-refractivity contribution in [3.63, 3.8) is 0 Å². The lowest BCUT2D eigenvalue weighted by Gasteiger charge is -2.17. The number of halogens is 1. The molecule has 0 atom stereocenters. The molecule has 33 heavy (non-hydrogen) atoms. The van der Waals surface area contributed by atoms with Crippen molar-refractivity contribution in [2.75, 3.05) is 0 Å². The van der Waals surface area contributed by atoms with Crippen LogP contribution in [0, 0.1) is 20.8 Å². The lowest BCUT2D eigenvalue weighted by atomic mass is 10.1. The Morgan fingerprint density at radius 1 is 1.12 bits per heavy atom. The number of hydrogen-bond donors (Lipinski definition) is 0. The molecule has 0 amide bonds. The summed E-state index contributed by atoms with van der Waals surface area (Å²) in [5.41, 5.74) is 4.74. The molecule has 170 valence electrons. The molecular formula is C25H25BrN4O2S. The summed E-state index contributed by atoms with van der Waals surface area (Å²) < 4.78 is 8.03. The Morgan fingerprint density at radius 3 is 2.61 bits per heavy atom. The molecule has 0 aliphatic heterocycles. The van der Waals surface area contributed by atoms with Crippen LogP contribution in [0.2, 0.25) is 0 Å². The van der Waals surface area contributed by atoms with Gasteiger partial charge < -0.3 is 4.74 Å². The third kappa shape index (κ3) is 4.91. The van der Waals surface area contributed by atoms with E-state index in [4.69, 9.17) is 4.74 Å². The summed E-state index contributed by atoms with van der Waals surface area (Å²) in [4.78, 5) is 28.1. The second-order valence-electron chi connectivity index (χ2n) is 8.27. The molecule has 0 aliphatic rings. The first kappa shape index (κ1) is 23.3. The molecule has 4 aromatic rings. The molecule has 8 heteroatoms. The number of aryl methyl sites for hydroxylation is 3. The van der Waals surface area contributed by atoms with E-state index in [-0.39, 0.29) is 11.5 Å². The average molecular weight is 525 g/mol. The molecule has 0 saturated carbocycles. The maximum atomic E-state index is 13.4. The van der Waals surface area contributed by atoms with Crippen molar-refractivity contribution in [2.24, 2.45) is 0 Å². The van der Waals surface area contributed by atoms with Gasteiger partial charge >= 0.3 is 0 Å². The molecule has 0 aliphatic carbocycles. The molecule has 0 saturated heterocycles. The van der Waals surface area contributed by atoms with Crippen molar-refractivity contribution >= 4 is 27.3 Å². The minimum absolute atomic E-state index is 0.183. The number of aromatic nitrogens is 4. The third-order valence-electron chi connectivity index (χ3n) is 5.25. The number of ether oxygens (including phenoxy) is 1. The summed E-state index contributed by atoms with van der Waals surface area (Å²) in [7, 11) is 0. The van der Waals surface area contributed by atoms with Crippen LogP contribution in [0.3, 0.4) is 0 Å². The van der Waals surface area contributed by atoms with E-state index in [1.807, 2.05) is 32.0 Å². The van der Waals surface area contributed by atoms with Crippen LogP contribution >= 0.6 is 27.3 Å². The predicted octanol–water partition coefficient (Wildman–Crippen LogP) is 6.14. The largest absolute Gasteiger partial charge is 0.487 e. The van der Waals surface area contributed by atoms with Crippen molar-refractivity contribution < 1.29 is 4.74 Å². The Kier molecular flexibility index (Phi) is 6.76. The molecule has 4 aromatic heterocycles. The first-order valence-electron chi connectivity index (χ1n) is 10.6. The maximum Gasteiger partial charge on any atom is 0.273 e. The molecule has 0 fully saturated rings. The Morgan fingerprint density at radius 2 is 1.91 bits per heavy atom. The molecule has 0 aromatic carbocycles. The Balaban J connectivity index is 1.73. The van der Waals surface area contributed by atoms with Gasteiger partial charge in [-0.2, -0.15) is 0 Å². The zero-order valence-electron chi connectivity index (χ0n) is 19.2. The first-order chi connectivity index (χ1) is 15.7. The lowest BCUT2D eigenvalue weighted by Crippen LogP contribution is -2.23. The Bertz CT molecular complexity index is 1380. The van der Waals surface area contributed by atoms with E-state index in [9.17, 15) is 4.79 Å². The fraction of sp³-hybridized carbons (Fsp3) is 0.280. The topological polar surface area (TPSA) is 69.9 Å². The van der Waals surface area contributed by atoms with Gasteiger partial charge in [-0.3, -0.25) is 14.3 Å². The fourth-order valence-electron chi connectivity index (χ4n) is 3.51. The summed E-state index contributed by atoms with van der Waals surface area (Å²) in [6.45, 7) is 10.4. The molecule has 0 radical (unpaired) electrons. The number of nitrogens with zero attached hydrogens (tertiary/aromatic N) is 4. The summed E-state index contributed by atoms with van der Waals surface area (Å²) in [6, 6.07) is 7.71. The van der Waals surface area contributed by atoms with E-state index in [1.165, 1.54) is 4.88 Å². The zero-order valence-corrected chi connectivity index (χ0v) is 21.6.